The summed E-state index contributed by atoms with van der Waals surface area (Å²) < 4.78 is 16.3. The van der Waals surface area contributed by atoms with Crippen LogP contribution >= 0.6 is 0 Å². The standard InChI is InChI=1S/C16H21NO3/c1-4-19-10-6-9-17-12(2)15-11-13-7-5-8-14(18-3)16(13)20-15/h4-5,7-8,11-12,17H,1,6,9-10H2,2-3H3. The smallest absolute Gasteiger partial charge is 0.176 e. The molecule has 0 aliphatic carbocycles. The summed E-state index contributed by atoms with van der Waals surface area (Å²) >= 11 is 0. The van der Waals surface area contributed by atoms with E-state index in [2.05, 4.69) is 24.9 Å². The van der Waals surface area contributed by atoms with Gasteiger partial charge in [-0.05, 0) is 32.0 Å². The van der Waals surface area contributed by atoms with Crippen molar-refractivity contribution >= 4 is 11.0 Å². The molecule has 0 bridgehead atoms. The topological polar surface area (TPSA) is 43.6 Å². The lowest BCUT2D eigenvalue weighted by atomic mass is 10.2. The van der Waals surface area contributed by atoms with Gasteiger partial charge in [-0.1, -0.05) is 18.7 Å². The van der Waals surface area contributed by atoms with Gasteiger partial charge >= 0.3 is 0 Å². The van der Waals surface area contributed by atoms with Crippen molar-refractivity contribution in [1.29, 1.82) is 0 Å². The summed E-state index contributed by atoms with van der Waals surface area (Å²) in [7, 11) is 1.65. The van der Waals surface area contributed by atoms with Gasteiger partial charge in [0.1, 0.15) is 5.76 Å². The van der Waals surface area contributed by atoms with Crippen LogP contribution in [0.5, 0.6) is 5.75 Å². The molecule has 1 heterocycles. The molecule has 0 radical (unpaired) electrons. The van der Waals surface area contributed by atoms with Crippen molar-refractivity contribution in [3.63, 3.8) is 0 Å². The van der Waals surface area contributed by atoms with E-state index >= 15 is 0 Å². The molecule has 0 amide bonds. The maximum absolute atomic E-state index is 5.90. The van der Waals surface area contributed by atoms with E-state index in [1.807, 2.05) is 18.2 Å². The van der Waals surface area contributed by atoms with Gasteiger partial charge in [-0.3, -0.25) is 0 Å². The quantitative estimate of drug-likeness (QED) is 0.590. The Hall–Kier alpha value is -1.94. The minimum Gasteiger partial charge on any atom is -0.502 e. The van der Waals surface area contributed by atoms with Crippen LogP contribution in [-0.2, 0) is 4.74 Å². The molecule has 1 unspecified atom stereocenters. The summed E-state index contributed by atoms with van der Waals surface area (Å²) in [5.41, 5.74) is 0.800. The van der Waals surface area contributed by atoms with Crippen molar-refractivity contribution in [3.8, 4) is 5.75 Å². The normalized spacial score (nSPS) is 12.3. The number of furan rings is 1. The number of hydrogen-bond donors (Lipinski definition) is 1. The van der Waals surface area contributed by atoms with Crippen molar-refractivity contribution in [2.24, 2.45) is 0 Å². The Morgan fingerprint density at radius 3 is 3.05 bits per heavy atom. The summed E-state index contributed by atoms with van der Waals surface area (Å²) in [6.07, 6.45) is 2.40. The Morgan fingerprint density at radius 2 is 2.30 bits per heavy atom. The summed E-state index contributed by atoms with van der Waals surface area (Å²) in [5.74, 6) is 1.68. The second-order valence-corrected chi connectivity index (χ2v) is 4.59. The molecule has 2 rings (SSSR count). The van der Waals surface area contributed by atoms with E-state index in [-0.39, 0.29) is 6.04 Å². The molecule has 1 aromatic heterocycles. The Balaban J connectivity index is 1.99. The van der Waals surface area contributed by atoms with Gasteiger partial charge in [0.15, 0.2) is 11.3 Å². The van der Waals surface area contributed by atoms with Crippen LogP contribution < -0.4 is 10.1 Å². The highest BCUT2D eigenvalue weighted by Crippen LogP contribution is 2.30. The molecule has 1 atom stereocenters. The van der Waals surface area contributed by atoms with Gasteiger partial charge in [-0.2, -0.15) is 0 Å². The van der Waals surface area contributed by atoms with Gasteiger partial charge in [0.2, 0.25) is 0 Å². The zero-order valence-electron chi connectivity index (χ0n) is 12.0. The Labute approximate surface area is 119 Å². The molecule has 1 N–H and O–H groups in total. The van der Waals surface area contributed by atoms with Crippen LogP contribution in [0.15, 0.2) is 41.5 Å². The molecule has 0 aliphatic rings. The van der Waals surface area contributed by atoms with E-state index in [0.29, 0.717) is 6.61 Å². The number of benzene rings is 1. The van der Waals surface area contributed by atoms with Crippen molar-refractivity contribution in [3.05, 3.63) is 42.9 Å². The lowest BCUT2D eigenvalue weighted by Gasteiger charge is -2.10. The van der Waals surface area contributed by atoms with E-state index < -0.39 is 0 Å². The second-order valence-electron chi connectivity index (χ2n) is 4.59. The zero-order valence-corrected chi connectivity index (χ0v) is 12.0. The maximum atomic E-state index is 5.90. The molecule has 2 aromatic rings. The molecule has 0 fully saturated rings. The zero-order chi connectivity index (χ0) is 14.4. The molecule has 0 saturated heterocycles. The third-order valence-electron chi connectivity index (χ3n) is 3.18. The molecular formula is C16H21NO3. The van der Waals surface area contributed by atoms with Gasteiger partial charge in [0.25, 0.3) is 0 Å². The molecule has 0 aliphatic heterocycles. The first kappa shape index (κ1) is 14.5. The molecule has 0 spiro atoms. The SMILES string of the molecule is C=COCCCNC(C)c1cc2cccc(OC)c2o1. The highest BCUT2D eigenvalue weighted by molar-refractivity contribution is 5.83. The molecule has 1 aromatic carbocycles. The summed E-state index contributed by atoms with van der Waals surface area (Å²) in [4.78, 5) is 0. The first-order chi connectivity index (χ1) is 9.76. The lowest BCUT2D eigenvalue weighted by molar-refractivity contribution is 0.242. The van der Waals surface area contributed by atoms with Gasteiger partial charge in [-0.15, -0.1) is 0 Å². The van der Waals surface area contributed by atoms with Crippen LogP contribution in [0.25, 0.3) is 11.0 Å². The molecule has 0 saturated carbocycles. The van der Waals surface area contributed by atoms with Gasteiger partial charge in [0, 0.05) is 5.39 Å². The van der Waals surface area contributed by atoms with Gasteiger partial charge in [-0.25, -0.2) is 0 Å². The first-order valence-electron chi connectivity index (χ1n) is 6.78. The van der Waals surface area contributed by atoms with Crippen molar-refractivity contribution in [2.45, 2.75) is 19.4 Å². The summed E-state index contributed by atoms with van der Waals surface area (Å²) in [5, 5.41) is 4.47. The second kappa shape index (κ2) is 7.01. The molecule has 108 valence electrons. The van der Waals surface area contributed by atoms with Gasteiger partial charge in [0.05, 0.1) is 26.0 Å². The Bertz CT molecular complexity index is 562. The lowest BCUT2D eigenvalue weighted by Crippen LogP contribution is -2.20. The highest BCUT2D eigenvalue weighted by Gasteiger charge is 2.13. The monoisotopic (exact) mass is 275 g/mol. The Kier molecular flexibility index (Phi) is 5.07. The third-order valence-corrected chi connectivity index (χ3v) is 3.18. The van der Waals surface area contributed by atoms with Crippen molar-refractivity contribution < 1.29 is 13.9 Å². The average molecular weight is 275 g/mol. The highest BCUT2D eigenvalue weighted by atomic mass is 16.5. The maximum Gasteiger partial charge on any atom is 0.176 e. The largest absolute Gasteiger partial charge is 0.502 e. The Morgan fingerprint density at radius 1 is 1.45 bits per heavy atom. The number of rotatable bonds is 8. The summed E-state index contributed by atoms with van der Waals surface area (Å²) in [6, 6.07) is 8.09. The van der Waals surface area contributed by atoms with Crippen molar-refractivity contribution in [1.82, 2.24) is 5.32 Å². The number of fused-ring (bicyclic) bond motifs is 1. The molecule has 20 heavy (non-hydrogen) atoms. The molecule has 4 nitrogen and oxygen atoms in total. The number of para-hydroxylation sites is 1. The number of nitrogens with one attached hydrogen (secondary N) is 1. The van der Waals surface area contributed by atoms with Crippen LogP contribution in [0, 0.1) is 0 Å². The fraction of sp³-hybridized carbons (Fsp3) is 0.375. The predicted octanol–water partition coefficient (Wildman–Crippen LogP) is 3.64. The van der Waals surface area contributed by atoms with Crippen molar-refractivity contribution in [2.75, 3.05) is 20.3 Å². The van der Waals surface area contributed by atoms with Crippen LogP contribution in [0.4, 0.5) is 0 Å². The van der Waals surface area contributed by atoms with Crippen LogP contribution in [0.3, 0.4) is 0 Å². The first-order valence-corrected chi connectivity index (χ1v) is 6.78. The fourth-order valence-electron chi connectivity index (χ4n) is 2.09. The van der Waals surface area contributed by atoms with E-state index in [0.717, 1.165) is 35.4 Å². The van der Waals surface area contributed by atoms with Gasteiger partial charge < -0.3 is 19.2 Å². The summed E-state index contributed by atoms with van der Waals surface area (Å²) in [6.45, 7) is 7.14. The van der Waals surface area contributed by atoms with E-state index in [9.17, 15) is 0 Å². The number of hydrogen-bond acceptors (Lipinski definition) is 4. The van der Waals surface area contributed by atoms with Crippen LogP contribution in [0.1, 0.15) is 25.1 Å². The van der Waals surface area contributed by atoms with E-state index in [4.69, 9.17) is 13.9 Å². The minimum absolute atomic E-state index is 0.149. The molecule has 4 heteroatoms. The van der Waals surface area contributed by atoms with Crippen LogP contribution in [0.2, 0.25) is 0 Å². The van der Waals surface area contributed by atoms with E-state index in [1.165, 1.54) is 6.26 Å². The predicted molar refractivity (Wildman–Crippen MR) is 79.9 cm³/mol. The molecular weight excluding hydrogens is 254 g/mol. The van der Waals surface area contributed by atoms with Crippen LogP contribution in [-0.4, -0.2) is 20.3 Å². The minimum atomic E-state index is 0.149. The number of ether oxygens (including phenoxy) is 2. The average Bonchev–Trinajstić information content (AvgIpc) is 2.90. The fourth-order valence-corrected chi connectivity index (χ4v) is 2.09. The third kappa shape index (κ3) is 3.33. The number of methoxy groups -OCH3 is 1. The van der Waals surface area contributed by atoms with E-state index in [1.54, 1.807) is 7.11 Å².